The van der Waals surface area contributed by atoms with Crippen LogP contribution in [0, 0.1) is 0 Å². The number of fused-ring (bicyclic) bond motifs is 1. The molecule has 0 saturated heterocycles. The van der Waals surface area contributed by atoms with Crippen LogP contribution in [-0.4, -0.2) is 38.9 Å². The molecule has 0 aromatic carbocycles. The molecule has 2 aromatic rings. The molecule has 1 unspecified atom stereocenters. The van der Waals surface area contributed by atoms with Crippen LogP contribution in [-0.2, 0) is 6.54 Å². The van der Waals surface area contributed by atoms with Gasteiger partial charge in [-0.1, -0.05) is 18.9 Å². The molecular formula is C17H22N4O. The van der Waals surface area contributed by atoms with Gasteiger partial charge in [0.2, 0.25) is 5.88 Å². The summed E-state index contributed by atoms with van der Waals surface area (Å²) in [6.45, 7) is 2.66. The van der Waals surface area contributed by atoms with Crippen molar-refractivity contribution in [1.29, 1.82) is 0 Å². The molecule has 1 atom stereocenters. The van der Waals surface area contributed by atoms with Crippen LogP contribution in [0.1, 0.15) is 37.4 Å². The Balaban J connectivity index is 1.48. The molecule has 2 aliphatic rings. The van der Waals surface area contributed by atoms with E-state index in [-0.39, 0.29) is 6.04 Å². The van der Waals surface area contributed by atoms with Crippen molar-refractivity contribution in [3.05, 3.63) is 42.4 Å². The summed E-state index contributed by atoms with van der Waals surface area (Å²) in [4.78, 5) is 6.86. The van der Waals surface area contributed by atoms with Crippen molar-refractivity contribution in [2.24, 2.45) is 0 Å². The minimum absolute atomic E-state index is 0.265. The van der Waals surface area contributed by atoms with E-state index < -0.39 is 0 Å². The first kappa shape index (κ1) is 13.8. The van der Waals surface area contributed by atoms with Crippen molar-refractivity contribution < 1.29 is 4.74 Å². The molecule has 0 bridgehead atoms. The SMILES string of the molecule is c1ccc(OCC2CN(C3CCCC3)Cc3ccnn32)nc1. The van der Waals surface area contributed by atoms with Gasteiger partial charge in [0.05, 0.1) is 11.7 Å². The number of hydrogen-bond acceptors (Lipinski definition) is 4. The van der Waals surface area contributed by atoms with Crippen LogP contribution in [0.3, 0.4) is 0 Å². The van der Waals surface area contributed by atoms with Crippen LogP contribution >= 0.6 is 0 Å². The number of nitrogens with zero attached hydrogens (tertiary/aromatic N) is 4. The fourth-order valence-electron chi connectivity index (χ4n) is 3.70. The number of pyridine rings is 1. The zero-order valence-electron chi connectivity index (χ0n) is 12.8. The van der Waals surface area contributed by atoms with Crippen molar-refractivity contribution in [1.82, 2.24) is 19.7 Å². The number of hydrogen-bond donors (Lipinski definition) is 0. The second-order valence-corrected chi connectivity index (χ2v) is 6.27. The van der Waals surface area contributed by atoms with Crippen molar-refractivity contribution >= 4 is 0 Å². The summed E-state index contributed by atoms with van der Waals surface area (Å²) < 4.78 is 8.02. The monoisotopic (exact) mass is 298 g/mol. The number of ether oxygens (including phenoxy) is 1. The zero-order chi connectivity index (χ0) is 14.8. The Morgan fingerprint density at radius 2 is 2.05 bits per heavy atom. The third kappa shape index (κ3) is 2.73. The fraction of sp³-hybridized carbons (Fsp3) is 0.529. The molecule has 22 heavy (non-hydrogen) atoms. The standard InChI is InChI=1S/C17H22N4O/c1-2-6-14(5-1)20-11-15-8-10-19-21(15)16(12-20)13-22-17-7-3-4-9-18-17/h3-4,7-10,14,16H,1-2,5-6,11-13H2. The maximum atomic E-state index is 5.88. The smallest absolute Gasteiger partial charge is 0.213 e. The quantitative estimate of drug-likeness (QED) is 0.870. The van der Waals surface area contributed by atoms with Gasteiger partial charge in [0.15, 0.2) is 0 Å². The molecule has 5 nitrogen and oxygen atoms in total. The van der Waals surface area contributed by atoms with Crippen molar-refractivity contribution in [3.8, 4) is 5.88 Å². The predicted molar refractivity (Wildman–Crippen MR) is 83.7 cm³/mol. The average molecular weight is 298 g/mol. The van der Waals surface area contributed by atoms with Crippen LogP contribution in [0.5, 0.6) is 5.88 Å². The maximum absolute atomic E-state index is 5.88. The molecule has 1 aliphatic heterocycles. The second-order valence-electron chi connectivity index (χ2n) is 6.27. The van der Waals surface area contributed by atoms with Crippen molar-refractivity contribution in [2.75, 3.05) is 13.2 Å². The summed E-state index contributed by atoms with van der Waals surface area (Å²) >= 11 is 0. The van der Waals surface area contributed by atoms with Gasteiger partial charge >= 0.3 is 0 Å². The van der Waals surface area contributed by atoms with E-state index in [4.69, 9.17) is 4.74 Å². The Bertz CT molecular complexity index is 606. The molecule has 1 fully saturated rings. The lowest BCUT2D eigenvalue weighted by Gasteiger charge is -2.37. The Morgan fingerprint density at radius 3 is 2.86 bits per heavy atom. The first-order valence-corrected chi connectivity index (χ1v) is 8.20. The van der Waals surface area contributed by atoms with Gasteiger partial charge in [0, 0.05) is 37.6 Å². The summed E-state index contributed by atoms with van der Waals surface area (Å²) in [5, 5.41) is 4.50. The topological polar surface area (TPSA) is 43.2 Å². The molecular weight excluding hydrogens is 276 g/mol. The van der Waals surface area contributed by atoms with Crippen molar-refractivity contribution in [2.45, 2.75) is 44.3 Å². The maximum Gasteiger partial charge on any atom is 0.213 e. The highest BCUT2D eigenvalue weighted by atomic mass is 16.5. The minimum atomic E-state index is 0.265. The average Bonchev–Trinajstić information content (AvgIpc) is 3.24. The third-order valence-electron chi connectivity index (χ3n) is 4.81. The van der Waals surface area contributed by atoms with Gasteiger partial charge in [0.25, 0.3) is 0 Å². The summed E-state index contributed by atoms with van der Waals surface area (Å²) in [6.07, 6.45) is 9.08. The van der Waals surface area contributed by atoms with E-state index >= 15 is 0 Å². The molecule has 3 heterocycles. The van der Waals surface area contributed by atoms with E-state index in [1.54, 1.807) is 6.20 Å². The molecule has 0 radical (unpaired) electrons. The lowest BCUT2D eigenvalue weighted by molar-refractivity contribution is 0.0963. The van der Waals surface area contributed by atoms with Crippen LogP contribution < -0.4 is 4.74 Å². The summed E-state index contributed by atoms with van der Waals surface area (Å²) in [6, 6.07) is 8.90. The van der Waals surface area contributed by atoms with Gasteiger partial charge in [-0.15, -0.1) is 0 Å². The van der Waals surface area contributed by atoms with Gasteiger partial charge in [-0.3, -0.25) is 9.58 Å². The van der Waals surface area contributed by atoms with Gasteiger partial charge < -0.3 is 4.74 Å². The Labute approximate surface area is 130 Å². The van der Waals surface area contributed by atoms with E-state index in [0.29, 0.717) is 12.5 Å². The van der Waals surface area contributed by atoms with E-state index in [2.05, 4.69) is 25.7 Å². The van der Waals surface area contributed by atoms with E-state index in [9.17, 15) is 0 Å². The van der Waals surface area contributed by atoms with Crippen LogP contribution in [0.15, 0.2) is 36.7 Å². The summed E-state index contributed by atoms with van der Waals surface area (Å²) in [5.41, 5.74) is 1.30. The molecule has 1 aliphatic carbocycles. The molecule has 0 spiro atoms. The van der Waals surface area contributed by atoms with E-state index in [1.807, 2.05) is 24.4 Å². The molecule has 4 rings (SSSR count). The van der Waals surface area contributed by atoms with Crippen LogP contribution in [0.25, 0.3) is 0 Å². The van der Waals surface area contributed by atoms with Crippen LogP contribution in [0.2, 0.25) is 0 Å². The zero-order valence-corrected chi connectivity index (χ0v) is 12.8. The largest absolute Gasteiger partial charge is 0.475 e. The highest BCUT2D eigenvalue weighted by molar-refractivity contribution is 5.10. The van der Waals surface area contributed by atoms with E-state index in [1.165, 1.54) is 31.4 Å². The first-order valence-electron chi connectivity index (χ1n) is 8.20. The molecule has 1 saturated carbocycles. The summed E-state index contributed by atoms with van der Waals surface area (Å²) in [5.74, 6) is 0.689. The molecule has 0 N–H and O–H groups in total. The lowest BCUT2D eigenvalue weighted by Crippen LogP contribution is -2.44. The van der Waals surface area contributed by atoms with Gasteiger partial charge in [-0.05, 0) is 25.0 Å². The minimum Gasteiger partial charge on any atom is -0.475 e. The highest BCUT2D eigenvalue weighted by Crippen LogP contribution is 2.29. The first-order chi connectivity index (χ1) is 10.9. The molecule has 0 amide bonds. The third-order valence-corrected chi connectivity index (χ3v) is 4.81. The fourth-order valence-corrected chi connectivity index (χ4v) is 3.70. The Morgan fingerprint density at radius 1 is 1.14 bits per heavy atom. The molecule has 5 heteroatoms. The van der Waals surface area contributed by atoms with Gasteiger partial charge in [0.1, 0.15) is 6.61 Å². The van der Waals surface area contributed by atoms with Crippen molar-refractivity contribution in [3.63, 3.8) is 0 Å². The second kappa shape index (κ2) is 6.08. The molecule has 2 aromatic heterocycles. The number of aromatic nitrogens is 3. The summed E-state index contributed by atoms with van der Waals surface area (Å²) in [7, 11) is 0. The number of rotatable bonds is 4. The Hall–Kier alpha value is -1.88. The molecule has 116 valence electrons. The highest BCUT2D eigenvalue weighted by Gasteiger charge is 2.31. The van der Waals surface area contributed by atoms with Gasteiger partial charge in [-0.2, -0.15) is 5.10 Å². The van der Waals surface area contributed by atoms with Crippen LogP contribution in [0.4, 0.5) is 0 Å². The lowest BCUT2D eigenvalue weighted by atomic mass is 10.1. The normalized spacial score (nSPS) is 22.6. The Kier molecular flexibility index (Phi) is 3.81. The predicted octanol–water partition coefficient (Wildman–Crippen LogP) is 2.66. The van der Waals surface area contributed by atoms with E-state index in [0.717, 1.165) is 19.1 Å². The van der Waals surface area contributed by atoms with Gasteiger partial charge in [-0.25, -0.2) is 4.98 Å².